The first-order valence-corrected chi connectivity index (χ1v) is 10.6. The Morgan fingerprint density at radius 3 is 2.38 bits per heavy atom. The molecule has 0 amide bonds. The zero-order valence-electron chi connectivity index (χ0n) is 16.7. The predicted octanol–water partition coefficient (Wildman–Crippen LogP) is 6.06. The lowest BCUT2D eigenvalue weighted by molar-refractivity contribution is 0.0602. The molecule has 0 spiro atoms. The molecule has 1 heterocycles. The summed E-state index contributed by atoms with van der Waals surface area (Å²) in [5.74, 6) is 0.0954. The second-order valence-electron chi connectivity index (χ2n) is 6.97. The number of thiophene rings is 1. The summed E-state index contributed by atoms with van der Waals surface area (Å²) in [5.41, 5.74) is 3.84. The molecule has 0 aliphatic carbocycles. The van der Waals surface area contributed by atoms with E-state index < -0.39 is 0 Å². The van der Waals surface area contributed by atoms with E-state index in [9.17, 15) is 4.79 Å². The van der Waals surface area contributed by atoms with Crippen LogP contribution in [0.25, 0.3) is 0 Å². The van der Waals surface area contributed by atoms with E-state index in [4.69, 9.17) is 17.0 Å². The number of esters is 1. The molecule has 150 valence electrons. The minimum atomic E-state index is -0.382. The molecule has 3 aromatic rings. The number of carbonyl (C=O) groups excluding carboxylic acids is 1. The van der Waals surface area contributed by atoms with Crippen LogP contribution in [0, 0.1) is 0 Å². The zero-order chi connectivity index (χ0) is 20.8. The fraction of sp³-hybridized carbons (Fsp3) is 0.217. The normalized spacial score (nSPS) is 10.6. The van der Waals surface area contributed by atoms with Gasteiger partial charge in [-0.1, -0.05) is 56.3 Å². The van der Waals surface area contributed by atoms with Crippen molar-refractivity contribution in [1.82, 2.24) is 0 Å². The van der Waals surface area contributed by atoms with Gasteiger partial charge in [-0.05, 0) is 47.5 Å². The Morgan fingerprint density at radius 2 is 1.76 bits per heavy atom. The second kappa shape index (κ2) is 9.67. The number of hydrogen-bond acceptors (Lipinski definition) is 4. The van der Waals surface area contributed by atoms with Gasteiger partial charge in [-0.25, -0.2) is 4.79 Å². The number of anilines is 2. The second-order valence-corrected chi connectivity index (χ2v) is 8.51. The van der Waals surface area contributed by atoms with Crippen molar-refractivity contribution in [2.75, 3.05) is 17.7 Å². The molecule has 4 nitrogen and oxygen atoms in total. The Hall–Kier alpha value is -2.70. The summed E-state index contributed by atoms with van der Waals surface area (Å²) < 4.78 is 4.94. The fourth-order valence-electron chi connectivity index (χ4n) is 2.90. The maximum Gasteiger partial charge on any atom is 0.340 e. The van der Waals surface area contributed by atoms with Gasteiger partial charge in [0.1, 0.15) is 5.00 Å². The van der Waals surface area contributed by atoms with Crippen LogP contribution in [0.3, 0.4) is 0 Å². The molecule has 2 aromatic carbocycles. The number of hydrogen-bond donors (Lipinski definition) is 2. The first-order valence-electron chi connectivity index (χ1n) is 9.39. The molecule has 3 rings (SSSR count). The average molecular weight is 425 g/mol. The summed E-state index contributed by atoms with van der Waals surface area (Å²) in [7, 11) is 1.38. The number of nitrogens with one attached hydrogen (secondary N) is 2. The van der Waals surface area contributed by atoms with Crippen LogP contribution < -0.4 is 10.6 Å². The molecular formula is C23H24N2O2S2. The lowest BCUT2D eigenvalue weighted by Gasteiger charge is -2.11. The smallest absolute Gasteiger partial charge is 0.340 e. The highest BCUT2D eigenvalue weighted by atomic mass is 32.1. The van der Waals surface area contributed by atoms with Crippen LogP contribution in [0.1, 0.15) is 46.1 Å². The summed E-state index contributed by atoms with van der Waals surface area (Å²) >= 11 is 6.96. The first-order chi connectivity index (χ1) is 14.0. The Balaban J connectivity index is 1.74. The van der Waals surface area contributed by atoms with Gasteiger partial charge >= 0.3 is 5.97 Å². The molecule has 0 aliphatic heterocycles. The molecule has 2 N–H and O–H groups in total. The van der Waals surface area contributed by atoms with Crippen molar-refractivity contribution in [1.29, 1.82) is 0 Å². The van der Waals surface area contributed by atoms with Crippen LogP contribution in [-0.2, 0) is 11.2 Å². The SMILES string of the molecule is COC(=O)c1cc(Cc2ccccc2)sc1NC(=S)Nc1ccc(C(C)C)cc1. The zero-order valence-corrected chi connectivity index (χ0v) is 18.3. The quantitative estimate of drug-likeness (QED) is 0.372. The van der Waals surface area contributed by atoms with E-state index in [-0.39, 0.29) is 5.97 Å². The molecule has 1 aromatic heterocycles. The summed E-state index contributed by atoms with van der Waals surface area (Å²) in [4.78, 5) is 13.3. The van der Waals surface area contributed by atoms with Crippen molar-refractivity contribution in [3.05, 3.63) is 82.2 Å². The van der Waals surface area contributed by atoms with Crippen molar-refractivity contribution < 1.29 is 9.53 Å². The van der Waals surface area contributed by atoms with E-state index in [0.717, 1.165) is 17.0 Å². The topological polar surface area (TPSA) is 50.4 Å². The van der Waals surface area contributed by atoms with Gasteiger partial charge in [0.25, 0.3) is 0 Å². The molecule has 0 bridgehead atoms. The Bertz CT molecular complexity index is 980. The highest BCUT2D eigenvalue weighted by Gasteiger charge is 2.18. The minimum absolute atomic E-state index is 0.382. The van der Waals surface area contributed by atoms with Crippen molar-refractivity contribution in [3.8, 4) is 0 Å². The van der Waals surface area contributed by atoms with Gasteiger partial charge in [0.15, 0.2) is 5.11 Å². The third kappa shape index (κ3) is 5.65. The number of carbonyl (C=O) groups is 1. The summed E-state index contributed by atoms with van der Waals surface area (Å²) in [6.45, 7) is 4.32. The van der Waals surface area contributed by atoms with E-state index >= 15 is 0 Å². The number of rotatable bonds is 6. The fourth-order valence-corrected chi connectivity index (χ4v) is 4.27. The van der Waals surface area contributed by atoms with Crippen molar-refractivity contribution in [2.45, 2.75) is 26.2 Å². The third-order valence-corrected chi connectivity index (χ3v) is 5.73. The van der Waals surface area contributed by atoms with Gasteiger partial charge in [-0.3, -0.25) is 0 Å². The molecule has 0 saturated carbocycles. The van der Waals surface area contributed by atoms with Gasteiger partial charge < -0.3 is 15.4 Å². The van der Waals surface area contributed by atoms with Gasteiger partial charge in [-0.2, -0.15) is 0 Å². The Morgan fingerprint density at radius 1 is 1.07 bits per heavy atom. The van der Waals surface area contributed by atoms with Gasteiger partial charge in [-0.15, -0.1) is 11.3 Å². The standard InChI is InChI=1S/C23H24N2O2S2/c1-15(2)17-9-11-18(12-10-17)24-23(28)25-21-20(22(26)27-3)14-19(29-21)13-16-7-5-4-6-8-16/h4-12,14-15H,13H2,1-3H3,(H2,24,25,28). The van der Waals surface area contributed by atoms with Crippen LogP contribution in [0.5, 0.6) is 0 Å². The van der Waals surface area contributed by atoms with Gasteiger partial charge in [0, 0.05) is 17.0 Å². The van der Waals surface area contributed by atoms with E-state index in [1.54, 1.807) is 0 Å². The summed E-state index contributed by atoms with van der Waals surface area (Å²) in [6, 6.07) is 20.2. The molecular weight excluding hydrogens is 400 g/mol. The number of benzene rings is 2. The van der Waals surface area contributed by atoms with E-state index in [1.165, 1.54) is 29.6 Å². The molecule has 0 radical (unpaired) electrons. The molecule has 29 heavy (non-hydrogen) atoms. The molecule has 0 aliphatic rings. The van der Waals surface area contributed by atoms with Crippen molar-refractivity contribution in [2.24, 2.45) is 0 Å². The Kier molecular flexibility index (Phi) is 7.01. The molecule has 0 saturated heterocycles. The largest absolute Gasteiger partial charge is 0.465 e. The highest BCUT2D eigenvalue weighted by molar-refractivity contribution is 7.80. The lowest BCUT2D eigenvalue weighted by atomic mass is 10.0. The first kappa shape index (κ1) is 21.0. The summed E-state index contributed by atoms with van der Waals surface area (Å²) in [6.07, 6.45) is 0.744. The molecule has 6 heteroatoms. The molecule has 0 fully saturated rings. The van der Waals surface area contributed by atoms with Gasteiger partial charge in [0.2, 0.25) is 0 Å². The maximum absolute atomic E-state index is 12.2. The van der Waals surface area contributed by atoms with Crippen LogP contribution in [0.2, 0.25) is 0 Å². The summed E-state index contributed by atoms with van der Waals surface area (Å²) in [5, 5.41) is 7.44. The highest BCUT2D eigenvalue weighted by Crippen LogP contribution is 2.31. The van der Waals surface area contributed by atoms with E-state index in [1.807, 2.05) is 36.4 Å². The maximum atomic E-state index is 12.2. The van der Waals surface area contributed by atoms with Crippen LogP contribution in [0.4, 0.5) is 10.7 Å². The van der Waals surface area contributed by atoms with Crippen LogP contribution >= 0.6 is 23.6 Å². The van der Waals surface area contributed by atoms with Crippen LogP contribution in [-0.4, -0.2) is 18.2 Å². The Labute approximate surface area is 180 Å². The van der Waals surface area contributed by atoms with Crippen LogP contribution in [0.15, 0.2) is 60.7 Å². The molecule has 0 atom stereocenters. The molecule has 0 unspecified atom stereocenters. The predicted molar refractivity (Wildman–Crippen MR) is 125 cm³/mol. The third-order valence-electron chi connectivity index (χ3n) is 4.47. The number of methoxy groups -OCH3 is 1. The van der Waals surface area contributed by atoms with Gasteiger partial charge in [0.05, 0.1) is 12.7 Å². The van der Waals surface area contributed by atoms with Crippen molar-refractivity contribution >= 4 is 45.3 Å². The van der Waals surface area contributed by atoms with Crippen molar-refractivity contribution in [3.63, 3.8) is 0 Å². The monoisotopic (exact) mass is 424 g/mol. The van der Waals surface area contributed by atoms with E-state index in [0.29, 0.717) is 21.6 Å². The minimum Gasteiger partial charge on any atom is -0.465 e. The number of thiocarbonyl (C=S) groups is 1. The van der Waals surface area contributed by atoms with E-state index in [2.05, 4.69) is 48.7 Å². The average Bonchev–Trinajstić information content (AvgIpc) is 3.10. The lowest BCUT2D eigenvalue weighted by Crippen LogP contribution is -2.19. The number of ether oxygens (including phenoxy) is 1.